The Morgan fingerprint density at radius 1 is 1.36 bits per heavy atom. The maximum atomic E-state index is 11.8. The van der Waals surface area contributed by atoms with Gasteiger partial charge in [-0.1, -0.05) is 6.92 Å². The molecule has 1 saturated carbocycles. The van der Waals surface area contributed by atoms with Gasteiger partial charge >= 0.3 is 0 Å². The van der Waals surface area contributed by atoms with Gasteiger partial charge in [-0.25, -0.2) is 18.1 Å². The molecule has 1 aromatic heterocycles. The molecule has 1 heterocycles. The van der Waals surface area contributed by atoms with Crippen molar-refractivity contribution in [2.24, 2.45) is 0 Å². The minimum absolute atomic E-state index is 0.00493. The molecule has 0 spiro atoms. The number of sulfonamides is 1. The molecule has 0 aliphatic heterocycles. The lowest BCUT2D eigenvalue weighted by molar-refractivity contribution is 0.138. The lowest BCUT2D eigenvalue weighted by Crippen LogP contribution is -2.40. The second-order valence-electron chi connectivity index (χ2n) is 5.53. The van der Waals surface area contributed by atoms with Crippen LogP contribution in [0.5, 0.6) is 5.88 Å². The van der Waals surface area contributed by atoms with Crippen LogP contribution in [0.15, 0.2) is 18.3 Å². The van der Waals surface area contributed by atoms with Crippen molar-refractivity contribution >= 4 is 10.0 Å². The molecule has 1 aliphatic rings. The molecule has 0 atom stereocenters. The zero-order chi connectivity index (χ0) is 16.0. The van der Waals surface area contributed by atoms with Crippen LogP contribution in [-0.4, -0.2) is 31.3 Å². The molecule has 22 heavy (non-hydrogen) atoms. The van der Waals surface area contributed by atoms with Gasteiger partial charge in [0.05, 0.1) is 11.3 Å². The van der Waals surface area contributed by atoms with Crippen molar-refractivity contribution in [2.45, 2.75) is 51.2 Å². The number of hydrogen-bond donors (Lipinski definition) is 1. The van der Waals surface area contributed by atoms with Gasteiger partial charge in [0.1, 0.15) is 12.2 Å². The SMILES string of the molecule is CCCS(=O)(=O)NC1CCC(Oc2ccc(C#N)cn2)CC1. The summed E-state index contributed by atoms with van der Waals surface area (Å²) in [5.41, 5.74) is 0.501. The first kappa shape index (κ1) is 16.7. The van der Waals surface area contributed by atoms with Crippen LogP contribution in [0.4, 0.5) is 0 Å². The molecule has 0 amide bonds. The van der Waals surface area contributed by atoms with Gasteiger partial charge in [0.2, 0.25) is 15.9 Å². The highest BCUT2D eigenvalue weighted by Crippen LogP contribution is 2.23. The van der Waals surface area contributed by atoms with Gasteiger partial charge in [-0.05, 0) is 38.2 Å². The summed E-state index contributed by atoms with van der Waals surface area (Å²) in [7, 11) is -3.15. The number of nitrogens with zero attached hydrogens (tertiary/aromatic N) is 2. The third-order valence-electron chi connectivity index (χ3n) is 3.65. The first-order valence-corrected chi connectivity index (χ1v) is 9.20. The van der Waals surface area contributed by atoms with Gasteiger partial charge in [-0.3, -0.25) is 0 Å². The Balaban J connectivity index is 1.80. The predicted octanol–water partition coefficient (Wildman–Crippen LogP) is 1.97. The molecule has 1 fully saturated rings. The van der Waals surface area contributed by atoms with Crippen LogP contribution >= 0.6 is 0 Å². The summed E-state index contributed by atoms with van der Waals surface area (Å²) in [4.78, 5) is 4.09. The van der Waals surface area contributed by atoms with E-state index in [2.05, 4.69) is 9.71 Å². The second-order valence-corrected chi connectivity index (χ2v) is 7.40. The summed E-state index contributed by atoms with van der Waals surface area (Å²) < 4.78 is 32.0. The van der Waals surface area contributed by atoms with Gasteiger partial charge in [-0.2, -0.15) is 5.26 Å². The summed E-state index contributed by atoms with van der Waals surface area (Å²) in [6.07, 6.45) is 5.28. The average Bonchev–Trinajstić information content (AvgIpc) is 2.49. The Morgan fingerprint density at radius 2 is 2.09 bits per heavy atom. The third-order valence-corrected chi connectivity index (χ3v) is 5.28. The fraction of sp³-hybridized carbons (Fsp3) is 0.600. The van der Waals surface area contributed by atoms with E-state index in [4.69, 9.17) is 10.00 Å². The number of aromatic nitrogens is 1. The van der Waals surface area contributed by atoms with E-state index in [-0.39, 0.29) is 17.9 Å². The van der Waals surface area contributed by atoms with Crippen LogP contribution in [0.3, 0.4) is 0 Å². The van der Waals surface area contributed by atoms with E-state index in [1.165, 1.54) is 6.20 Å². The van der Waals surface area contributed by atoms with E-state index in [0.717, 1.165) is 25.7 Å². The number of nitriles is 1. The van der Waals surface area contributed by atoms with Gasteiger partial charge in [-0.15, -0.1) is 0 Å². The van der Waals surface area contributed by atoms with Crippen molar-refractivity contribution in [1.82, 2.24) is 9.71 Å². The molecule has 120 valence electrons. The standard InChI is InChI=1S/C15H21N3O3S/c1-2-9-22(19,20)18-13-4-6-14(7-5-13)21-15-8-3-12(10-16)11-17-15/h3,8,11,13-14,18H,2,4-7,9H2,1H3. The minimum Gasteiger partial charge on any atom is -0.474 e. The zero-order valence-electron chi connectivity index (χ0n) is 12.7. The smallest absolute Gasteiger partial charge is 0.213 e. The molecule has 1 aliphatic carbocycles. The van der Waals surface area contributed by atoms with Crippen LogP contribution in [0.2, 0.25) is 0 Å². The number of pyridine rings is 1. The highest BCUT2D eigenvalue weighted by molar-refractivity contribution is 7.89. The molecule has 0 saturated heterocycles. The minimum atomic E-state index is -3.15. The van der Waals surface area contributed by atoms with Crippen molar-refractivity contribution in [3.8, 4) is 11.9 Å². The molecule has 0 aromatic carbocycles. The van der Waals surface area contributed by atoms with Crippen molar-refractivity contribution in [3.05, 3.63) is 23.9 Å². The molecule has 0 radical (unpaired) electrons. The summed E-state index contributed by atoms with van der Waals surface area (Å²) >= 11 is 0. The van der Waals surface area contributed by atoms with E-state index in [9.17, 15) is 8.42 Å². The Bertz CT molecular complexity index is 614. The lowest BCUT2D eigenvalue weighted by Gasteiger charge is -2.29. The fourth-order valence-corrected chi connectivity index (χ4v) is 3.97. The van der Waals surface area contributed by atoms with Crippen LogP contribution < -0.4 is 9.46 Å². The van der Waals surface area contributed by atoms with Crippen molar-refractivity contribution in [1.29, 1.82) is 5.26 Å². The van der Waals surface area contributed by atoms with Gasteiger partial charge < -0.3 is 4.74 Å². The first-order chi connectivity index (χ1) is 10.5. The molecule has 2 rings (SSSR count). The Morgan fingerprint density at radius 3 is 2.64 bits per heavy atom. The molecule has 7 heteroatoms. The third kappa shape index (κ3) is 4.97. The summed E-state index contributed by atoms with van der Waals surface area (Å²) in [5.74, 6) is 0.688. The summed E-state index contributed by atoms with van der Waals surface area (Å²) in [5, 5.41) is 8.72. The van der Waals surface area contributed by atoms with Crippen molar-refractivity contribution in [3.63, 3.8) is 0 Å². The topological polar surface area (TPSA) is 92.1 Å². The highest BCUT2D eigenvalue weighted by atomic mass is 32.2. The van der Waals surface area contributed by atoms with E-state index in [0.29, 0.717) is 17.9 Å². The summed E-state index contributed by atoms with van der Waals surface area (Å²) in [6, 6.07) is 5.38. The fourth-order valence-electron chi connectivity index (χ4n) is 2.57. The van der Waals surface area contributed by atoms with Crippen LogP contribution in [0.1, 0.15) is 44.6 Å². The number of ether oxygens (including phenoxy) is 1. The number of nitrogens with one attached hydrogen (secondary N) is 1. The predicted molar refractivity (Wildman–Crippen MR) is 82.8 cm³/mol. The molecule has 6 nitrogen and oxygen atoms in total. The number of rotatable bonds is 6. The molecular weight excluding hydrogens is 302 g/mol. The Labute approximate surface area is 131 Å². The molecule has 0 bridgehead atoms. The summed E-state index contributed by atoms with van der Waals surface area (Å²) in [6.45, 7) is 1.86. The maximum Gasteiger partial charge on any atom is 0.213 e. The van der Waals surface area contributed by atoms with Gasteiger partial charge in [0.15, 0.2) is 0 Å². The average molecular weight is 323 g/mol. The molecule has 1 N–H and O–H groups in total. The van der Waals surface area contributed by atoms with E-state index in [1.807, 2.05) is 13.0 Å². The second kappa shape index (κ2) is 7.56. The number of hydrogen-bond acceptors (Lipinski definition) is 5. The lowest BCUT2D eigenvalue weighted by atomic mass is 9.94. The maximum absolute atomic E-state index is 11.8. The first-order valence-electron chi connectivity index (χ1n) is 7.55. The normalized spacial score (nSPS) is 22.0. The van der Waals surface area contributed by atoms with Gasteiger partial charge in [0.25, 0.3) is 0 Å². The van der Waals surface area contributed by atoms with Crippen LogP contribution in [-0.2, 0) is 10.0 Å². The van der Waals surface area contributed by atoms with E-state index in [1.54, 1.807) is 12.1 Å². The Hall–Kier alpha value is -1.65. The molecule has 0 unspecified atom stereocenters. The van der Waals surface area contributed by atoms with Crippen LogP contribution in [0, 0.1) is 11.3 Å². The van der Waals surface area contributed by atoms with E-state index >= 15 is 0 Å². The monoisotopic (exact) mass is 323 g/mol. The largest absolute Gasteiger partial charge is 0.474 e. The van der Waals surface area contributed by atoms with Crippen molar-refractivity contribution in [2.75, 3.05) is 5.75 Å². The Kier molecular flexibility index (Phi) is 5.75. The zero-order valence-corrected chi connectivity index (χ0v) is 13.5. The highest BCUT2D eigenvalue weighted by Gasteiger charge is 2.25. The molecule has 1 aromatic rings. The van der Waals surface area contributed by atoms with Crippen LogP contribution in [0.25, 0.3) is 0 Å². The van der Waals surface area contributed by atoms with E-state index < -0.39 is 10.0 Å². The van der Waals surface area contributed by atoms with Crippen molar-refractivity contribution < 1.29 is 13.2 Å². The van der Waals surface area contributed by atoms with Gasteiger partial charge in [0, 0.05) is 18.3 Å². The molecular formula is C15H21N3O3S. The quantitative estimate of drug-likeness (QED) is 0.864.